The molecule has 0 saturated heterocycles. The highest BCUT2D eigenvalue weighted by molar-refractivity contribution is 6.03. The molecule has 5 rings (SSSR count). The fraction of sp³-hybridized carbons (Fsp3) is 0.627. The van der Waals surface area contributed by atoms with Crippen molar-refractivity contribution in [3.8, 4) is 23.0 Å². The first kappa shape index (κ1) is 50.4. The van der Waals surface area contributed by atoms with Crippen molar-refractivity contribution in [3.63, 3.8) is 0 Å². The summed E-state index contributed by atoms with van der Waals surface area (Å²) in [6.07, 6.45) is 19.0. The molecule has 13 nitrogen and oxygen atoms in total. The quantitative estimate of drug-likeness (QED) is 0.0427. The highest BCUT2D eigenvalue weighted by atomic mass is 16.7. The van der Waals surface area contributed by atoms with Gasteiger partial charge in [0, 0.05) is 50.7 Å². The summed E-state index contributed by atoms with van der Waals surface area (Å²) >= 11 is 0. The normalized spacial score (nSPS) is 22.6. The first-order chi connectivity index (χ1) is 31.2. The van der Waals surface area contributed by atoms with Gasteiger partial charge in [0.1, 0.15) is 35.6 Å². The molecule has 2 aliphatic carbocycles. The molecular formula is C51H75N3O10. The number of hydrogen-bond donors (Lipinski definition) is 3. The lowest BCUT2D eigenvalue weighted by Gasteiger charge is -2.59. The molecule has 3 aliphatic rings. The molecule has 354 valence electrons. The number of anilines is 1. The largest absolute Gasteiger partial charge is 0.497 e. The minimum atomic E-state index is -1.35. The van der Waals surface area contributed by atoms with E-state index in [1.54, 1.807) is 37.5 Å². The number of unbranched alkanes of at least 4 members (excludes halogenated alkanes) is 10. The Labute approximate surface area is 381 Å². The molecule has 0 radical (unpaired) electrons. The Morgan fingerprint density at radius 3 is 2.28 bits per heavy atom. The summed E-state index contributed by atoms with van der Waals surface area (Å²) in [5.74, 6) is -0.0617. The second-order valence-corrected chi connectivity index (χ2v) is 17.4. The molecule has 2 aromatic rings. The Morgan fingerprint density at radius 1 is 0.906 bits per heavy atom. The summed E-state index contributed by atoms with van der Waals surface area (Å²) in [5.41, 5.74) is 2.96. The van der Waals surface area contributed by atoms with Crippen molar-refractivity contribution in [1.82, 2.24) is 4.90 Å². The van der Waals surface area contributed by atoms with E-state index < -0.39 is 23.8 Å². The van der Waals surface area contributed by atoms with E-state index >= 15 is 0 Å². The summed E-state index contributed by atoms with van der Waals surface area (Å²) in [6, 6.07) is 9.93. The lowest BCUT2D eigenvalue weighted by atomic mass is 9.55. The van der Waals surface area contributed by atoms with Crippen molar-refractivity contribution in [2.75, 3.05) is 53.0 Å². The Morgan fingerprint density at radius 2 is 1.61 bits per heavy atom. The van der Waals surface area contributed by atoms with Crippen LogP contribution in [0, 0.1) is 17.8 Å². The third kappa shape index (κ3) is 12.6. The fourth-order valence-corrected chi connectivity index (χ4v) is 10.0. The molecule has 1 heterocycles. The van der Waals surface area contributed by atoms with E-state index in [0.29, 0.717) is 61.0 Å². The van der Waals surface area contributed by atoms with E-state index in [1.807, 2.05) is 31.0 Å². The minimum absolute atomic E-state index is 0.0177. The van der Waals surface area contributed by atoms with Gasteiger partial charge in [0.15, 0.2) is 0 Å². The van der Waals surface area contributed by atoms with Crippen molar-refractivity contribution >= 4 is 23.4 Å². The first-order valence-corrected chi connectivity index (χ1v) is 23.9. The average molecular weight is 890 g/mol. The van der Waals surface area contributed by atoms with Crippen LogP contribution in [0.3, 0.4) is 0 Å². The van der Waals surface area contributed by atoms with Gasteiger partial charge < -0.3 is 43.6 Å². The molecule has 1 saturated carbocycles. The Kier molecular flexibility index (Phi) is 20.3. The van der Waals surface area contributed by atoms with Gasteiger partial charge in [-0.3, -0.25) is 10.1 Å². The number of likely N-dealkylation sites (N-methyl/N-ethyl adjacent to an activating group) is 1. The molecule has 2 aromatic carbocycles. The number of fused-ring (bicyclic) bond motifs is 2. The van der Waals surface area contributed by atoms with Crippen LogP contribution in [-0.4, -0.2) is 92.3 Å². The number of carbonyl (C=O) groups excluding carboxylic acids is 2. The lowest BCUT2D eigenvalue weighted by molar-refractivity contribution is -0.255. The van der Waals surface area contributed by atoms with Crippen LogP contribution in [0.4, 0.5) is 10.5 Å². The number of rotatable bonds is 28. The van der Waals surface area contributed by atoms with Gasteiger partial charge in [-0.2, -0.15) is 0 Å². The van der Waals surface area contributed by atoms with Crippen LogP contribution in [0.2, 0.25) is 0 Å². The summed E-state index contributed by atoms with van der Waals surface area (Å²) in [6.45, 7) is 8.87. The van der Waals surface area contributed by atoms with E-state index in [0.717, 1.165) is 61.8 Å². The number of ether oxygens (including phenoxy) is 5. The lowest BCUT2D eigenvalue weighted by Crippen LogP contribution is -2.69. The molecule has 0 spiro atoms. The van der Waals surface area contributed by atoms with Crippen LogP contribution in [-0.2, 0) is 14.4 Å². The summed E-state index contributed by atoms with van der Waals surface area (Å²) in [4.78, 5) is 35.5. The molecule has 0 aromatic heterocycles. The van der Waals surface area contributed by atoms with Crippen LogP contribution >= 0.6 is 0 Å². The van der Waals surface area contributed by atoms with Crippen molar-refractivity contribution in [2.24, 2.45) is 22.9 Å². The Balaban J connectivity index is 1.57. The third-order valence-corrected chi connectivity index (χ3v) is 13.2. The number of methoxy groups -OCH3 is 2. The highest BCUT2D eigenvalue weighted by Gasteiger charge is 2.65. The van der Waals surface area contributed by atoms with E-state index in [2.05, 4.69) is 24.9 Å². The van der Waals surface area contributed by atoms with Gasteiger partial charge in [-0.05, 0) is 86.8 Å². The Hall–Kier alpha value is -4.59. The van der Waals surface area contributed by atoms with Crippen LogP contribution in [0.5, 0.6) is 23.0 Å². The standard InChI is InChI=1S/C51H75N3O10/c1-7-10-11-12-13-14-15-16-17-24-47(57)54(4)46-35-43(53-62-9-3)40-32-36(22-18-20-29-55)39(23-19-21-30-56)48-41-33-38(26-28-44(41)64-51(46,49(40)48)61-31-8-2)63-50(58)52-42-27-25-37(59-5)34-45(42)60-6/h8,25-28,32-34,36,39,46,48-49,55-56H,2,7,9-24,29-31,35H2,1,3-6H3,(H,52,58). The number of nitrogens with one attached hydrogen (secondary N) is 1. The van der Waals surface area contributed by atoms with Gasteiger partial charge in [0.05, 0.1) is 38.1 Å². The number of nitrogens with zero attached hydrogens (tertiary/aromatic N) is 2. The minimum Gasteiger partial charge on any atom is -0.497 e. The third-order valence-electron chi connectivity index (χ3n) is 13.2. The van der Waals surface area contributed by atoms with E-state index in [-0.39, 0.29) is 43.5 Å². The van der Waals surface area contributed by atoms with Gasteiger partial charge >= 0.3 is 6.09 Å². The SMILES string of the molecule is C=CCOC12Oc3ccc(OC(=O)Nc4ccc(OC)cc4OC)cc3C3C(CCCCO)C(CCCCO)C=C(C(=NOCC)CC1N(C)C(=O)CCCCCCCCCCC)C32. The average Bonchev–Trinajstić information content (AvgIpc) is 3.30. The van der Waals surface area contributed by atoms with Crippen LogP contribution in [0.25, 0.3) is 0 Å². The van der Waals surface area contributed by atoms with Gasteiger partial charge in [0.2, 0.25) is 11.7 Å². The number of aliphatic hydroxyl groups excluding tert-OH is 2. The molecule has 6 atom stereocenters. The van der Waals surface area contributed by atoms with Crippen molar-refractivity contribution in [3.05, 3.63) is 66.3 Å². The van der Waals surface area contributed by atoms with Crippen molar-refractivity contribution < 1.29 is 48.3 Å². The zero-order valence-corrected chi connectivity index (χ0v) is 39.1. The molecule has 6 unspecified atom stereocenters. The van der Waals surface area contributed by atoms with Crippen LogP contribution in [0.1, 0.15) is 134 Å². The molecule has 1 fully saturated rings. The molecule has 1 aliphatic heterocycles. The second kappa shape index (κ2) is 25.8. The summed E-state index contributed by atoms with van der Waals surface area (Å²) < 4.78 is 31.1. The smallest absolute Gasteiger partial charge is 0.417 e. The summed E-state index contributed by atoms with van der Waals surface area (Å²) in [7, 11) is 4.93. The highest BCUT2D eigenvalue weighted by Crippen LogP contribution is 2.62. The number of oxime groups is 1. The summed E-state index contributed by atoms with van der Waals surface area (Å²) in [5, 5.41) is 27.4. The van der Waals surface area contributed by atoms with Crippen LogP contribution < -0.4 is 24.3 Å². The molecule has 2 amide bonds. The number of aliphatic hydroxyl groups is 2. The fourth-order valence-electron chi connectivity index (χ4n) is 10.0. The zero-order chi connectivity index (χ0) is 45.9. The monoisotopic (exact) mass is 890 g/mol. The van der Waals surface area contributed by atoms with Crippen LogP contribution in [0.15, 0.2) is 65.9 Å². The van der Waals surface area contributed by atoms with Gasteiger partial charge in [-0.15, -0.1) is 6.58 Å². The maximum absolute atomic E-state index is 14.3. The van der Waals surface area contributed by atoms with Crippen molar-refractivity contribution in [1.29, 1.82) is 0 Å². The van der Waals surface area contributed by atoms with Gasteiger partial charge in [0.25, 0.3) is 0 Å². The number of carbonyl (C=O) groups is 2. The Bertz CT molecular complexity index is 1870. The molecular weight excluding hydrogens is 815 g/mol. The first-order valence-electron chi connectivity index (χ1n) is 23.9. The number of amides is 2. The molecule has 64 heavy (non-hydrogen) atoms. The molecule has 13 heteroatoms. The maximum Gasteiger partial charge on any atom is 0.417 e. The molecule has 3 N–H and O–H groups in total. The molecule has 0 bridgehead atoms. The van der Waals surface area contributed by atoms with E-state index in [9.17, 15) is 19.8 Å². The predicted molar refractivity (Wildman–Crippen MR) is 250 cm³/mol. The number of hydrogen-bond acceptors (Lipinski definition) is 11. The van der Waals surface area contributed by atoms with Crippen molar-refractivity contribution in [2.45, 2.75) is 141 Å². The number of benzene rings is 2. The maximum atomic E-state index is 14.3. The second-order valence-electron chi connectivity index (χ2n) is 17.4. The zero-order valence-electron chi connectivity index (χ0n) is 39.1. The van der Waals surface area contributed by atoms with Gasteiger partial charge in [-0.1, -0.05) is 88.4 Å². The topological polar surface area (TPSA) is 158 Å². The number of allylic oxidation sites excluding steroid dienone is 1. The van der Waals surface area contributed by atoms with E-state index in [4.69, 9.17) is 33.7 Å². The van der Waals surface area contributed by atoms with Gasteiger partial charge in [-0.25, -0.2) is 4.79 Å². The predicted octanol–water partition coefficient (Wildman–Crippen LogP) is 10.3. The van der Waals surface area contributed by atoms with E-state index in [1.165, 1.54) is 45.6 Å².